The Morgan fingerprint density at radius 2 is 2.12 bits per heavy atom. The molecule has 0 saturated carbocycles. The maximum Gasteiger partial charge on any atom is 0.345 e. The first-order valence-corrected chi connectivity index (χ1v) is 5.38. The van der Waals surface area contributed by atoms with Crippen LogP contribution < -0.4 is 10.6 Å². The van der Waals surface area contributed by atoms with Gasteiger partial charge in [-0.15, -0.1) is 10.2 Å². The van der Waals surface area contributed by atoms with E-state index in [9.17, 15) is 4.79 Å². The summed E-state index contributed by atoms with van der Waals surface area (Å²) in [5.74, 6) is 0.752. The summed E-state index contributed by atoms with van der Waals surface area (Å²) < 4.78 is 5.27. The van der Waals surface area contributed by atoms with Crippen LogP contribution in [0.3, 0.4) is 0 Å². The minimum atomic E-state index is -0.376. The van der Waals surface area contributed by atoms with Gasteiger partial charge in [-0.1, -0.05) is 0 Å². The highest BCUT2D eigenvalue weighted by molar-refractivity contribution is 5.74. The highest BCUT2D eigenvalue weighted by Gasteiger charge is 2.13. The third kappa shape index (κ3) is 1.96. The van der Waals surface area contributed by atoms with Gasteiger partial charge < -0.3 is 14.6 Å². The third-order valence-electron chi connectivity index (χ3n) is 2.69. The van der Waals surface area contributed by atoms with Crippen molar-refractivity contribution in [1.82, 2.24) is 20.2 Å². The first-order chi connectivity index (χ1) is 8.33. The van der Waals surface area contributed by atoms with Crippen LogP contribution in [-0.4, -0.2) is 46.5 Å². The van der Waals surface area contributed by atoms with Crippen LogP contribution in [0.1, 0.15) is 0 Å². The fourth-order valence-electron chi connectivity index (χ4n) is 1.80. The molecule has 0 spiro atoms. The molecule has 0 amide bonds. The molecule has 7 nitrogen and oxygen atoms in total. The van der Waals surface area contributed by atoms with Gasteiger partial charge in [0.15, 0.2) is 5.82 Å². The molecule has 3 heterocycles. The van der Waals surface area contributed by atoms with Crippen LogP contribution in [0.2, 0.25) is 0 Å². The summed E-state index contributed by atoms with van der Waals surface area (Å²) in [5, 5.41) is 8.15. The van der Waals surface area contributed by atoms with Crippen LogP contribution in [0, 0.1) is 0 Å². The molecule has 3 rings (SSSR count). The summed E-state index contributed by atoms with van der Waals surface area (Å²) >= 11 is 0. The van der Waals surface area contributed by atoms with Crippen molar-refractivity contribution in [2.24, 2.45) is 0 Å². The van der Waals surface area contributed by atoms with Gasteiger partial charge in [0.05, 0.1) is 24.9 Å². The van der Waals surface area contributed by atoms with Crippen molar-refractivity contribution >= 4 is 16.9 Å². The average Bonchev–Trinajstić information content (AvgIpc) is 2.39. The molecule has 0 bridgehead atoms. The molecule has 2 aromatic rings. The van der Waals surface area contributed by atoms with Gasteiger partial charge in [-0.2, -0.15) is 4.98 Å². The minimum absolute atomic E-state index is 0.376. The number of fused-ring (bicyclic) bond motifs is 1. The van der Waals surface area contributed by atoms with Crippen molar-refractivity contribution < 1.29 is 4.74 Å². The Morgan fingerprint density at radius 1 is 1.29 bits per heavy atom. The third-order valence-corrected chi connectivity index (χ3v) is 2.69. The molecule has 0 radical (unpaired) electrons. The number of ether oxygens (including phenoxy) is 1. The normalized spacial score (nSPS) is 16.4. The van der Waals surface area contributed by atoms with E-state index in [1.165, 1.54) is 6.20 Å². The van der Waals surface area contributed by atoms with E-state index in [1.54, 1.807) is 0 Å². The molecule has 1 N–H and O–H groups in total. The Hall–Kier alpha value is -2.02. The van der Waals surface area contributed by atoms with Crippen LogP contribution in [0.5, 0.6) is 0 Å². The van der Waals surface area contributed by atoms with E-state index >= 15 is 0 Å². The molecule has 0 aromatic carbocycles. The molecule has 1 fully saturated rings. The second kappa shape index (κ2) is 4.10. The maximum atomic E-state index is 11.1. The SMILES string of the molecule is O=c1ncc2nnc(N3CCOCC3)cc2[nH]1. The van der Waals surface area contributed by atoms with E-state index in [4.69, 9.17) is 4.74 Å². The van der Waals surface area contributed by atoms with Crippen LogP contribution in [0.4, 0.5) is 5.82 Å². The Bertz CT molecular complexity index is 591. The lowest BCUT2D eigenvalue weighted by Crippen LogP contribution is -2.36. The largest absolute Gasteiger partial charge is 0.378 e. The van der Waals surface area contributed by atoms with Gasteiger partial charge in [0.1, 0.15) is 5.52 Å². The van der Waals surface area contributed by atoms with Gasteiger partial charge >= 0.3 is 5.69 Å². The van der Waals surface area contributed by atoms with Crippen LogP contribution in [0.25, 0.3) is 11.0 Å². The molecule has 1 aliphatic heterocycles. The number of nitrogens with one attached hydrogen (secondary N) is 1. The highest BCUT2D eigenvalue weighted by atomic mass is 16.5. The van der Waals surface area contributed by atoms with Crippen molar-refractivity contribution in [2.75, 3.05) is 31.2 Å². The minimum Gasteiger partial charge on any atom is -0.378 e. The maximum absolute atomic E-state index is 11.1. The fraction of sp³-hybridized carbons (Fsp3) is 0.400. The first kappa shape index (κ1) is 10.2. The number of anilines is 1. The number of rotatable bonds is 1. The van der Waals surface area contributed by atoms with E-state index in [-0.39, 0.29) is 5.69 Å². The lowest BCUT2D eigenvalue weighted by molar-refractivity contribution is 0.122. The molecule has 88 valence electrons. The van der Waals surface area contributed by atoms with Crippen molar-refractivity contribution in [3.63, 3.8) is 0 Å². The number of H-pyrrole nitrogens is 1. The van der Waals surface area contributed by atoms with E-state index in [2.05, 4.69) is 25.1 Å². The van der Waals surface area contributed by atoms with E-state index < -0.39 is 0 Å². The Kier molecular flexibility index (Phi) is 2.45. The molecule has 1 saturated heterocycles. The predicted octanol–water partition coefficient (Wildman–Crippen LogP) is -0.450. The predicted molar refractivity (Wildman–Crippen MR) is 61.0 cm³/mol. The monoisotopic (exact) mass is 233 g/mol. The summed E-state index contributed by atoms with van der Waals surface area (Å²) in [6.45, 7) is 2.95. The van der Waals surface area contributed by atoms with E-state index in [0.717, 1.165) is 18.9 Å². The zero-order valence-electron chi connectivity index (χ0n) is 9.09. The number of hydrogen-bond acceptors (Lipinski definition) is 6. The second-order valence-corrected chi connectivity index (χ2v) is 3.79. The van der Waals surface area contributed by atoms with Crippen LogP contribution >= 0.6 is 0 Å². The van der Waals surface area contributed by atoms with Crippen molar-refractivity contribution in [2.45, 2.75) is 0 Å². The smallest absolute Gasteiger partial charge is 0.345 e. The molecule has 0 aliphatic carbocycles. The summed E-state index contributed by atoms with van der Waals surface area (Å²) in [5.41, 5.74) is 0.863. The zero-order chi connectivity index (χ0) is 11.7. The van der Waals surface area contributed by atoms with Crippen molar-refractivity contribution in [1.29, 1.82) is 0 Å². The molecule has 17 heavy (non-hydrogen) atoms. The molecule has 7 heteroatoms. The van der Waals surface area contributed by atoms with Gasteiger partial charge in [-0.05, 0) is 0 Å². The summed E-state index contributed by atoms with van der Waals surface area (Å²) in [6, 6.07) is 1.82. The molecule has 0 unspecified atom stereocenters. The van der Waals surface area contributed by atoms with Crippen LogP contribution in [0.15, 0.2) is 17.1 Å². The summed E-state index contributed by atoms with van der Waals surface area (Å²) in [4.78, 5) is 19.4. The number of aromatic amines is 1. The average molecular weight is 233 g/mol. The summed E-state index contributed by atoms with van der Waals surface area (Å²) in [7, 11) is 0. The zero-order valence-corrected chi connectivity index (χ0v) is 9.09. The topological polar surface area (TPSA) is 84.0 Å². The first-order valence-electron chi connectivity index (χ1n) is 5.38. The molecule has 2 aromatic heterocycles. The molecule has 1 aliphatic rings. The lowest BCUT2D eigenvalue weighted by Gasteiger charge is -2.27. The lowest BCUT2D eigenvalue weighted by atomic mass is 10.3. The van der Waals surface area contributed by atoms with Gasteiger partial charge in [-0.3, -0.25) is 0 Å². The standard InChI is InChI=1S/C10H11N5O2/c16-10-11-6-8-7(12-10)5-9(14-13-8)15-1-3-17-4-2-15/h5-6H,1-4H2,(H,11,12,16). The van der Waals surface area contributed by atoms with Crippen molar-refractivity contribution in [3.05, 3.63) is 22.7 Å². The quantitative estimate of drug-likeness (QED) is 0.718. The van der Waals surface area contributed by atoms with Crippen LogP contribution in [-0.2, 0) is 4.74 Å². The number of aromatic nitrogens is 4. The van der Waals surface area contributed by atoms with E-state index in [0.29, 0.717) is 24.2 Å². The second-order valence-electron chi connectivity index (χ2n) is 3.79. The Morgan fingerprint density at radius 3 is 2.94 bits per heavy atom. The fourth-order valence-corrected chi connectivity index (χ4v) is 1.80. The highest BCUT2D eigenvalue weighted by Crippen LogP contribution is 2.14. The number of hydrogen-bond donors (Lipinski definition) is 1. The molecular formula is C10H11N5O2. The van der Waals surface area contributed by atoms with E-state index in [1.807, 2.05) is 6.07 Å². The Balaban J connectivity index is 2.02. The van der Waals surface area contributed by atoms with Gasteiger partial charge in [0, 0.05) is 19.2 Å². The van der Waals surface area contributed by atoms with Gasteiger partial charge in [0.25, 0.3) is 0 Å². The van der Waals surface area contributed by atoms with Crippen molar-refractivity contribution in [3.8, 4) is 0 Å². The number of morpholine rings is 1. The Labute approximate surface area is 96.4 Å². The van der Waals surface area contributed by atoms with Gasteiger partial charge in [0.2, 0.25) is 0 Å². The summed E-state index contributed by atoms with van der Waals surface area (Å²) in [6.07, 6.45) is 1.42. The number of nitrogens with zero attached hydrogens (tertiary/aromatic N) is 4. The van der Waals surface area contributed by atoms with Gasteiger partial charge in [-0.25, -0.2) is 4.79 Å². The molecule has 0 atom stereocenters. The molecular weight excluding hydrogens is 222 g/mol.